The van der Waals surface area contributed by atoms with Gasteiger partial charge < -0.3 is 9.47 Å². The van der Waals surface area contributed by atoms with E-state index in [9.17, 15) is 9.36 Å². The maximum Gasteiger partial charge on any atom is 0.417 e. The topological polar surface area (TPSA) is 114 Å². The maximum absolute atomic E-state index is 14.2. The molecule has 5 rings (SSSR count). The molecule has 0 aliphatic carbocycles. The molecule has 0 saturated carbocycles. The molecular weight excluding hydrogens is 642 g/mol. The second-order valence-electron chi connectivity index (χ2n) is 9.35. The number of rotatable bonds is 9. The maximum atomic E-state index is 14.2. The second-order valence-corrected chi connectivity index (χ2v) is 12.9. The van der Waals surface area contributed by atoms with Gasteiger partial charge in [-0.1, -0.05) is 11.6 Å². The SMILES string of the molecule is CCOP(=O)(OI)N1CCC2(CC1)C(=O)N(Cc1nc3cc(Cl)ccc3n1CCCC#N)c1cnccc12. The number of benzene rings is 1. The molecule has 1 spiro atoms. The number of halogens is 2. The number of amides is 1. The molecule has 0 N–H and O–H groups in total. The van der Waals surface area contributed by atoms with Gasteiger partial charge in [-0.25, -0.2) is 17.1 Å². The van der Waals surface area contributed by atoms with Crippen LogP contribution in [0.3, 0.4) is 0 Å². The molecule has 1 saturated heterocycles. The number of aromatic nitrogens is 3. The van der Waals surface area contributed by atoms with Crippen LogP contribution in [0.25, 0.3) is 11.0 Å². The lowest BCUT2D eigenvalue weighted by molar-refractivity contribution is -0.124. The fourth-order valence-corrected chi connectivity index (χ4v) is 8.10. The Morgan fingerprint density at radius 1 is 1.29 bits per heavy atom. The van der Waals surface area contributed by atoms with Crippen molar-refractivity contribution in [3.8, 4) is 6.07 Å². The highest BCUT2D eigenvalue weighted by Gasteiger charge is 2.54. The van der Waals surface area contributed by atoms with Crippen molar-refractivity contribution in [1.29, 1.82) is 5.26 Å². The third kappa shape index (κ3) is 4.76. The van der Waals surface area contributed by atoms with Crippen LogP contribution in [0.5, 0.6) is 0 Å². The lowest BCUT2D eigenvalue weighted by Gasteiger charge is -2.39. The number of hydrogen-bond acceptors (Lipinski definition) is 7. The molecule has 0 radical (unpaired) electrons. The van der Waals surface area contributed by atoms with Crippen LogP contribution in [0.2, 0.25) is 5.02 Å². The lowest BCUT2D eigenvalue weighted by Crippen LogP contribution is -2.48. The Hall–Kier alpha value is -2.07. The summed E-state index contributed by atoms with van der Waals surface area (Å²) in [6.45, 7) is 3.70. The van der Waals surface area contributed by atoms with E-state index in [1.807, 2.05) is 24.3 Å². The Morgan fingerprint density at radius 2 is 2.08 bits per heavy atom. The van der Waals surface area contributed by atoms with Gasteiger partial charge >= 0.3 is 7.75 Å². The fourth-order valence-electron chi connectivity index (χ4n) is 5.54. The van der Waals surface area contributed by atoms with E-state index >= 15 is 0 Å². The lowest BCUT2D eigenvalue weighted by atomic mass is 9.74. The van der Waals surface area contributed by atoms with E-state index in [1.54, 1.807) is 51.9 Å². The number of carbonyl (C=O) groups is 1. The Labute approximate surface area is 240 Å². The van der Waals surface area contributed by atoms with Gasteiger partial charge in [-0.05, 0) is 56.0 Å². The molecular formula is C25H27ClIN6O4P. The van der Waals surface area contributed by atoms with Crippen LogP contribution >= 0.6 is 42.4 Å². The van der Waals surface area contributed by atoms with Gasteiger partial charge in [0.1, 0.15) is 28.8 Å². The summed E-state index contributed by atoms with van der Waals surface area (Å²) < 4.78 is 27.6. The first kappa shape index (κ1) is 27.5. The first-order chi connectivity index (χ1) is 18.4. The molecule has 2 aromatic heterocycles. The molecule has 200 valence electrons. The van der Waals surface area contributed by atoms with Gasteiger partial charge in [0.2, 0.25) is 5.91 Å². The van der Waals surface area contributed by atoms with Crippen molar-refractivity contribution >= 4 is 65.0 Å². The summed E-state index contributed by atoms with van der Waals surface area (Å²) in [5.74, 6) is 0.701. The number of imidazole rings is 1. The van der Waals surface area contributed by atoms with Crippen molar-refractivity contribution in [3.05, 3.63) is 53.1 Å². The van der Waals surface area contributed by atoms with E-state index in [2.05, 4.69) is 15.6 Å². The number of anilines is 1. The van der Waals surface area contributed by atoms with E-state index in [0.29, 0.717) is 50.3 Å². The van der Waals surface area contributed by atoms with Crippen LogP contribution in [0.1, 0.15) is 44.0 Å². The highest BCUT2D eigenvalue weighted by atomic mass is 127. The van der Waals surface area contributed by atoms with Crippen molar-refractivity contribution in [3.63, 3.8) is 0 Å². The third-order valence-electron chi connectivity index (χ3n) is 7.34. The molecule has 0 bridgehead atoms. The van der Waals surface area contributed by atoms with Crippen molar-refractivity contribution in [2.75, 3.05) is 24.6 Å². The minimum Gasteiger partial charge on any atom is -0.326 e. The van der Waals surface area contributed by atoms with Crippen molar-refractivity contribution in [2.24, 2.45) is 0 Å². The number of carbonyl (C=O) groups excluding carboxylic acids is 1. The molecule has 10 nitrogen and oxygen atoms in total. The number of nitriles is 1. The smallest absolute Gasteiger partial charge is 0.326 e. The van der Waals surface area contributed by atoms with E-state index in [0.717, 1.165) is 28.1 Å². The van der Waals surface area contributed by atoms with Gasteiger partial charge in [-0.15, -0.1) is 0 Å². The zero-order valence-corrected chi connectivity index (χ0v) is 24.7. The Balaban J connectivity index is 1.47. The van der Waals surface area contributed by atoms with Crippen LogP contribution in [0, 0.1) is 11.3 Å². The number of hydrogen-bond donors (Lipinski definition) is 0. The Morgan fingerprint density at radius 3 is 2.79 bits per heavy atom. The van der Waals surface area contributed by atoms with Gasteiger partial charge in [-0.2, -0.15) is 5.26 Å². The van der Waals surface area contributed by atoms with Gasteiger partial charge in [0, 0.05) is 37.3 Å². The summed E-state index contributed by atoms with van der Waals surface area (Å²) in [6, 6.07) is 9.66. The summed E-state index contributed by atoms with van der Waals surface area (Å²) >= 11 is 7.86. The predicted molar refractivity (Wildman–Crippen MR) is 152 cm³/mol. The molecule has 1 atom stereocenters. The van der Waals surface area contributed by atoms with Gasteiger partial charge in [0.15, 0.2) is 0 Å². The minimum absolute atomic E-state index is 0.0181. The highest BCUT2D eigenvalue weighted by molar-refractivity contribution is 14.1. The molecule has 1 fully saturated rings. The molecule has 13 heteroatoms. The zero-order valence-electron chi connectivity index (χ0n) is 20.8. The largest absolute Gasteiger partial charge is 0.417 e. The average Bonchev–Trinajstić information content (AvgIpc) is 3.37. The number of pyridine rings is 1. The average molecular weight is 669 g/mol. The van der Waals surface area contributed by atoms with Gasteiger partial charge in [0.25, 0.3) is 0 Å². The number of nitrogens with zero attached hydrogens (tertiary/aromatic N) is 6. The van der Waals surface area contributed by atoms with E-state index in [1.165, 1.54) is 0 Å². The first-order valence-corrected chi connectivity index (χ1v) is 15.2. The summed E-state index contributed by atoms with van der Waals surface area (Å²) in [7, 11) is -3.41. The summed E-state index contributed by atoms with van der Waals surface area (Å²) in [6.07, 6.45) is 5.49. The van der Waals surface area contributed by atoms with Gasteiger partial charge in [0.05, 0.1) is 47.6 Å². The molecule has 1 aromatic carbocycles. The number of aryl methyl sites for hydroxylation is 1. The molecule has 1 amide bonds. The van der Waals surface area contributed by atoms with Crippen LogP contribution in [-0.2, 0) is 35.2 Å². The van der Waals surface area contributed by atoms with Crippen LogP contribution in [0.15, 0.2) is 36.7 Å². The fraction of sp³-hybridized carbons (Fsp3) is 0.440. The van der Waals surface area contributed by atoms with E-state index in [-0.39, 0.29) is 19.1 Å². The number of fused-ring (bicyclic) bond motifs is 3. The molecule has 4 heterocycles. The first-order valence-electron chi connectivity index (χ1n) is 12.5. The summed E-state index contributed by atoms with van der Waals surface area (Å²) in [5.41, 5.74) is 2.59. The minimum atomic E-state index is -3.41. The van der Waals surface area contributed by atoms with Crippen molar-refractivity contribution in [2.45, 2.75) is 51.1 Å². The molecule has 2 aliphatic rings. The highest BCUT2D eigenvalue weighted by Crippen LogP contribution is 2.58. The van der Waals surface area contributed by atoms with Gasteiger partial charge in [-0.3, -0.25) is 14.3 Å². The summed E-state index contributed by atoms with van der Waals surface area (Å²) in [4.78, 5) is 25.1. The van der Waals surface area contributed by atoms with E-state index in [4.69, 9.17) is 29.2 Å². The Bertz CT molecular complexity index is 1450. The van der Waals surface area contributed by atoms with Crippen LogP contribution in [0.4, 0.5) is 5.69 Å². The standard InChI is InChI=1S/C25H27ClIN6O4P/c1-2-36-38(35,37-27)31-13-8-25(9-14-31)19-7-11-29-16-22(19)33(24(25)34)17-23-30-20-15-18(26)5-6-21(20)32(23)12-4-3-10-28/h5-7,11,15-16H,2-4,8-9,12-14,17H2,1H3. The van der Waals surface area contributed by atoms with Crippen molar-refractivity contribution < 1.29 is 16.7 Å². The second kappa shape index (κ2) is 11.2. The normalized spacial score (nSPS) is 18.6. The molecule has 38 heavy (non-hydrogen) atoms. The predicted octanol–water partition coefficient (Wildman–Crippen LogP) is 5.78. The van der Waals surface area contributed by atoms with Crippen LogP contribution < -0.4 is 4.90 Å². The quantitative estimate of drug-likeness (QED) is 0.160. The van der Waals surface area contributed by atoms with Crippen molar-refractivity contribution in [1.82, 2.24) is 19.2 Å². The molecule has 3 aromatic rings. The zero-order chi connectivity index (χ0) is 26.9. The van der Waals surface area contributed by atoms with Crippen LogP contribution in [-0.4, -0.2) is 44.8 Å². The molecule has 1 unspecified atom stereocenters. The monoisotopic (exact) mass is 668 g/mol. The number of piperidine rings is 1. The number of unbranched alkanes of at least 4 members (excludes halogenated alkanes) is 1. The molecule has 2 aliphatic heterocycles. The Kier molecular flexibility index (Phi) is 8.10. The van der Waals surface area contributed by atoms with E-state index < -0.39 is 13.2 Å². The summed E-state index contributed by atoms with van der Waals surface area (Å²) in [5, 5.41) is 9.64. The third-order valence-corrected chi connectivity index (χ3v) is 10.9.